The second-order valence-corrected chi connectivity index (χ2v) is 5.68. The lowest BCUT2D eigenvalue weighted by molar-refractivity contribution is -0.387. The van der Waals surface area contributed by atoms with Crippen LogP contribution in [0.1, 0.15) is 30.6 Å². The van der Waals surface area contributed by atoms with Gasteiger partial charge < -0.3 is 5.32 Å². The molecule has 0 fully saturated rings. The highest BCUT2D eigenvalue weighted by Crippen LogP contribution is 2.18. The molecule has 0 bridgehead atoms. The van der Waals surface area contributed by atoms with E-state index in [0.29, 0.717) is 0 Å². The molecule has 1 rings (SSSR count). The Balaban J connectivity index is 2.68. The molecular formula is C13H17FN2O3S. The molecule has 1 amide bonds. The topological polar surface area (TPSA) is 72.2 Å². The van der Waals surface area contributed by atoms with Crippen LogP contribution in [0.4, 0.5) is 10.1 Å². The van der Waals surface area contributed by atoms with Crippen LogP contribution in [-0.4, -0.2) is 28.4 Å². The number of rotatable bonds is 7. The Hall–Kier alpha value is -1.63. The van der Waals surface area contributed by atoms with Crippen LogP contribution in [0.3, 0.4) is 0 Å². The van der Waals surface area contributed by atoms with Crippen LogP contribution in [0.5, 0.6) is 0 Å². The van der Waals surface area contributed by atoms with Gasteiger partial charge in [-0.05, 0) is 37.0 Å². The quantitative estimate of drug-likeness (QED) is 0.477. The number of amides is 1. The van der Waals surface area contributed by atoms with Gasteiger partial charge in [0.2, 0.25) is 5.82 Å². The van der Waals surface area contributed by atoms with Crippen molar-refractivity contribution in [3.63, 3.8) is 0 Å². The molecular weight excluding hydrogens is 283 g/mol. The Morgan fingerprint density at radius 1 is 1.55 bits per heavy atom. The number of carbonyl (C=O) groups excluding carboxylic acids is 1. The molecule has 5 nitrogen and oxygen atoms in total. The first-order valence-electron chi connectivity index (χ1n) is 6.28. The third-order valence-corrected chi connectivity index (χ3v) is 3.61. The SMILES string of the molecule is CCSCCC(C)NC(=O)c1ccc(F)c([N+](=O)[O-])c1. The molecule has 1 aromatic carbocycles. The molecule has 0 aliphatic carbocycles. The summed E-state index contributed by atoms with van der Waals surface area (Å²) in [5, 5.41) is 13.4. The van der Waals surface area contributed by atoms with Crippen LogP contribution in [0, 0.1) is 15.9 Å². The van der Waals surface area contributed by atoms with E-state index in [1.165, 1.54) is 6.07 Å². The first-order chi connectivity index (χ1) is 9.45. The molecule has 110 valence electrons. The van der Waals surface area contributed by atoms with Crippen LogP contribution in [0.2, 0.25) is 0 Å². The second-order valence-electron chi connectivity index (χ2n) is 4.28. The van der Waals surface area contributed by atoms with Gasteiger partial charge in [0.25, 0.3) is 5.91 Å². The summed E-state index contributed by atoms with van der Waals surface area (Å²) in [4.78, 5) is 21.7. The van der Waals surface area contributed by atoms with Crippen molar-refractivity contribution in [3.8, 4) is 0 Å². The number of nitro groups is 1. The van der Waals surface area contributed by atoms with Crippen molar-refractivity contribution in [2.75, 3.05) is 11.5 Å². The fraction of sp³-hybridized carbons (Fsp3) is 0.462. The summed E-state index contributed by atoms with van der Waals surface area (Å²) >= 11 is 1.78. The van der Waals surface area contributed by atoms with Crippen molar-refractivity contribution in [1.29, 1.82) is 0 Å². The summed E-state index contributed by atoms with van der Waals surface area (Å²) in [5.74, 6) is 0.577. The van der Waals surface area contributed by atoms with Gasteiger partial charge in [0.05, 0.1) is 4.92 Å². The lowest BCUT2D eigenvalue weighted by Gasteiger charge is -2.13. The van der Waals surface area contributed by atoms with E-state index in [-0.39, 0.29) is 11.6 Å². The predicted octanol–water partition coefficient (Wildman–Crippen LogP) is 3.00. The molecule has 1 aromatic rings. The van der Waals surface area contributed by atoms with Gasteiger partial charge in [0, 0.05) is 17.7 Å². The van der Waals surface area contributed by atoms with E-state index in [1.54, 1.807) is 11.8 Å². The number of nitro benzene ring substituents is 1. The van der Waals surface area contributed by atoms with Crippen molar-refractivity contribution >= 4 is 23.4 Å². The van der Waals surface area contributed by atoms with E-state index in [2.05, 4.69) is 12.2 Å². The Morgan fingerprint density at radius 3 is 2.85 bits per heavy atom. The molecule has 7 heteroatoms. The third-order valence-electron chi connectivity index (χ3n) is 2.68. The highest BCUT2D eigenvalue weighted by Gasteiger charge is 2.18. The summed E-state index contributed by atoms with van der Waals surface area (Å²) in [6, 6.07) is 3.10. The Morgan fingerprint density at radius 2 is 2.25 bits per heavy atom. The van der Waals surface area contributed by atoms with Gasteiger partial charge in [-0.15, -0.1) is 0 Å². The van der Waals surface area contributed by atoms with Gasteiger partial charge in [-0.1, -0.05) is 6.92 Å². The number of halogens is 1. The highest BCUT2D eigenvalue weighted by molar-refractivity contribution is 7.99. The summed E-state index contributed by atoms with van der Waals surface area (Å²) in [7, 11) is 0. The number of hydrogen-bond acceptors (Lipinski definition) is 4. The van der Waals surface area contributed by atoms with Crippen LogP contribution in [0.25, 0.3) is 0 Å². The molecule has 1 N–H and O–H groups in total. The van der Waals surface area contributed by atoms with Crippen LogP contribution in [0.15, 0.2) is 18.2 Å². The zero-order valence-electron chi connectivity index (χ0n) is 11.4. The first kappa shape index (κ1) is 16.4. The summed E-state index contributed by atoms with van der Waals surface area (Å²) < 4.78 is 13.2. The van der Waals surface area contributed by atoms with Crippen molar-refractivity contribution in [2.24, 2.45) is 0 Å². The molecule has 0 saturated carbocycles. The number of nitrogens with zero attached hydrogens (tertiary/aromatic N) is 1. The Bertz CT molecular complexity index is 497. The second kappa shape index (κ2) is 7.84. The molecule has 0 saturated heterocycles. The number of thioether (sulfide) groups is 1. The van der Waals surface area contributed by atoms with Gasteiger partial charge >= 0.3 is 5.69 Å². The summed E-state index contributed by atoms with van der Waals surface area (Å²) in [6.07, 6.45) is 0.813. The van der Waals surface area contributed by atoms with E-state index < -0.39 is 22.3 Å². The standard InChI is InChI=1S/C13H17FN2O3S/c1-3-20-7-6-9(2)15-13(17)10-4-5-11(14)12(8-10)16(18)19/h4-5,8-9H,3,6-7H2,1-2H3,(H,15,17). The van der Waals surface area contributed by atoms with Crippen molar-refractivity contribution < 1.29 is 14.1 Å². The van der Waals surface area contributed by atoms with E-state index in [0.717, 1.165) is 30.1 Å². The maximum absolute atomic E-state index is 13.2. The molecule has 0 aliphatic heterocycles. The fourth-order valence-electron chi connectivity index (χ4n) is 1.58. The van der Waals surface area contributed by atoms with Gasteiger partial charge in [-0.25, -0.2) is 0 Å². The first-order valence-corrected chi connectivity index (χ1v) is 7.43. The zero-order valence-corrected chi connectivity index (χ0v) is 12.2. The van der Waals surface area contributed by atoms with Crippen LogP contribution < -0.4 is 5.32 Å². The average Bonchev–Trinajstić information content (AvgIpc) is 2.39. The van der Waals surface area contributed by atoms with Crippen LogP contribution >= 0.6 is 11.8 Å². The van der Waals surface area contributed by atoms with Crippen molar-refractivity contribution in [3.05, 3.63) is 39.7 Å². The highest BCUT2D eigenvalue weighted by atomic mass is 32.2. The molecule has 1 unspecified atom stereocenters. The fourth-order valence-corrected chi connectivity index (χ4v) is 2.39. The van der Waals surface area contributed by atoms with Crippen LogP contribution in [-0.2, 0) is 0 Å². The lowest BCUT2D eigenvalue weighted by atomic mass is 10.1. The Labute approximate surface area is 121 Å². The largest absolute Gasteiger partial charge is 0.350 e. The minimum atomic E-state index is -0.945. The number of benzene rings is 1. The molecule has 0 aromatic heterocycles. The molecule has 1 atom stereocenters. The summed E-state index contributed by atoms with van der Waals surface area (Å²) in [5.41, 5.74) is -0.597. The smallest absolute Gasteiger partial charge is 0.305 e. The maximum Gasteiger partial charge on any atom is 0.305 e. The zero-order chi connectivity index (χ0) is 15.1. The van der Waals surface area contributed by atoms with Gasteiger partial charge in [0.1, 0.15) is 0 Å². The minimum absolute atomic E-state index is 0.0364. The molecule has 0 aliphatic rings. The molecule has 0 spiro atoms. The van der Waals surface area contributed by atoms with E-state index in [1.807, 2.05) is 6.92 Å². The monoisotopic (exact) mass is 300 g/mol. The van der Waals surface area contributed by atoms with Gasteiger partial charge in [-0.2, -0.15) is 16.2 Å². The number of nitrogens with one attached hydrogen (secondary N) is 1. The van der Waals surface area contributed by atoms with Gasteiger partial charge in [0.15, 0.2) is 0 Å². The predicted molar refractivity (Wildman–Crippen MR) is 77.6 cm³/mol. The number of carbonyl (C=O) groups is 1. The lowest BCUT2D eigenvalue weighted by Crippen LogP contribution is -2.33. The van der Waals surface area contributed by atoms with E-state index in [9.17, 15) is 19.3 Å². The third kappa shape index (κ3) is 4.80. The number of hydrogen-bond donors (Lipinski definition) is 1. The van der Waals surface area contributed by atoms with Gasteiger partial charge in [-0.3, -0.25) is 14.9 Å². The average molecular weight is 300 g/mol. The molecule has 0 heterocycles. The molecule has 20 heavy (non-hydrogen) atoms. The normalized spacial score (nSPS) is 11.9. The van der Waals surface area contributed by atoms with E-state index >= 15 is 0 Å². The van der Waals surface area contributed by atoms with Crippen molar-refractivity contribution in [1.82, 2.24) is 5.32 Å². The Kier molecular flexibility index (Phi) is 6.44. The van der Waals surface area contributed by atoms with E-state index in [4.69, 9.17) is 0 Å². The summed E-state index contributed by atoms with van der Waals surface area (Å²) in [6.45, 7) is 3.93. The minimum Gasteiger partial charge on any atom is -0.350 e. The maximum atomic E-state index is 13.2. The molecule has 0 radical (unpaired) electrons. The van der Waals surface area contributed by atoms with Crippen molar-refractivity contribution in [2.45, 2.75) is 26.3 Å².